The summed E-state index contributed by atoms with van der Waals surface area (Å²) < 4.78 is 2.21. The molecule has 2 heterocycles. The van der Waals surface area contributed by atoms with Gasteiger partial charge in [0, 0.05) is 12.3 Å². The van der Waals surface area contributed by atoms with Crippen molar-refractivity contribution >= 4 is 45.6 Å². The number of thiophene rings is 1. The van der Waals surface area contributed by atoms with Crippen LogP contribution in [0.1, 0.15) is 24.4 Å². The summed E-state index contributed by atoms with van der Waals surface area (Å²) in [4.78, 5) is 4.69. The zero-order valence-corrected chi connectivity index (χ0v) is 13.3. The van der Waals surface area contributed by atoms with Crippen molar-refractivity contribution in [3.63, 3.8) is 0 Å². The van der Waals surface area contributed by atoms with E-state index in [1.54, 1.807) is 11.3 Å². The van der Waals surface area contributed by atoms with Crippen molar-refractivity contribution in [2.45, 2.75) is 19.4 Å². The standard InChI is InChI=1S/C15H14Cl2N2S/c1-10(11-6-8-20-9-11)19-14(5-7-16)18-13-4-2-3-12(17)15(13)19/h2-4,6,8-10H,5,7H2,1H3. The molecule has 3 rings (SSSR count). The molecule has 0 spiro atoms. The van der Waals surface area contributed by atoms with Crippen molar-refractivity contribution in [3.8, 4) is 0 Å². The minimum absolute atomic E-state index is 0.198. The van der Waals surface area contributed by atoms with Crippen molar-refractivity contribution in [2.24, 2.45) is 0 Å². The molecule has 0 saturated heterocycles. The smallest absolute Gasteiger partial charge is 0.111 e. The molecule has 0 aliphatic rings. The van der Waals surface area contributed by atoms with Crippen molar-refractivity contribution in [2.75, 3.05) is 5.88 Å². The van der Waals surface area contributed by atoms with Crippen LogP contribution in [0.25, 0.3) is 11.0 Å². The molecule has 1 aromatic carbocycles. The average Bonchev–Trinajstić information content (AvgIpc) is 3.06. The van der Waals surface area contributed by atoms with Gasteiger partial charge in [0.1, 0.15) is 5.82 Å². The van der Waals surface area contributed by atoms with Crippen molar-refractivity contribution in [3.05, 3.63) is 51.4 Å². The maximum atomic E-state index is 6.39. The summed E-state index contributed by atoms with van der Waals surface area (Å²) in [7, 11) is 0. The number of nitrogens with zero attached hydrogens (tertiary/aromatic N) is 2. The number of benzene rings is 1. The average molecular weight is 325 g/mol. The molecule has 3 aromatic rings. The van der Waals surface area contributed by atoms with Gasteiger partial charge in [-0.15, -0.1) is 11.6 Å². The minimum Gasteiger partial charge on any atom is -0.319 e. The lowest BCUT2D eigenvalue weighted by molar-refractivity contribution is 0.625. The Kier molecular flexibility index (Phi) is 4.01. The van der Waals surface area contributed by atoms with E-state index in [1.165, 1.54) is 5.56 Å². The summed E-state index contributed by atoms with van der Waals surface area (Å²) in [6.07, 6.45) is 0.737. The van der Waals surface area contributed by atoms with E-state index in [0.29, 0.717) is 5.88 Å². The molecular formula is C15H14Cl2N2S. The van der Waals surface area contributed by atoms with Crippen LogP contribution in [0.15, 0.2) is 35.0 Å². The zero-order chi connectivity index (χ0) is 14.1. The van der Waals surface area contributed by atoms with Crippen LogP contribution in [0.5, 0.6) is 0 Å². The van der Waals surface area contributed by atoms with E-state index in [9.17, 15) is 0 Å². The van der Waals surface area contributed by atoms with Gasteiger partial charge in [0.25, 0.3) is 0 Å². The third-order valence-electron chi connectivity index (χ3n) is 3.46. The molecule has 0 aliphatic carbocycles. The van der Waals surface area contributed by atoms with E-state index in [0.717, 1.165) is 28.3 Å². The summed E-state index contributed by atoms with van der Waals surface area (Å²) in [6.45, 7) is 2.17. The van der Waals surface area contributed by atoms with Gasteiger partial charge in [-0.05, 0) is 41.4 Å². The quantitative estimate of drug-likeness (QED) is 0.607. The Morgan fingerprint density at radius 2 is 2.20 bits per heavy atom. The summed E-state index contributed by atoms with van der Waals surface area (Å²) in [5.41, 5.74) is 3.19. The van der Waals surface area contributed by atoms with Crippen LogP contribution in [0.4, 0.5) is 0 Å². The number of hydrogen-bond acceptors (Lipinski definition) is 2. The summed E-state index contributed by atoms with van der Waals surface area (Å²) in [5.74, 6) is 1.54. The normalized spacial score (nSPS) is 12.9. The van der Waals surface area contributed by atoms with Crippen LogP contribution in [0, 0.1) is 0 Å². The highest BCUT2D eigenvalue weighted by atomic mass is 35.5. The number of hydrogen-bond donors (Lipinski definition) is 0. The largest absolute Gasteiger partial charge is 0.319 e. The predicted molar refractivity (Wildman–Crippen MR) is 87.3 cm³/mol. The first-order chi connectivity index (χ1) is 9.72. The van der Waals surface area contributed by atoms with Gasteiger partial charge in [-0.3, -0.25) is 0 Å². The fourth-order valence-corrected chi connectivity index (χ4v) is 3.67. The number of rotatable bonds is 4. The zero-order valence-electron chi connectivity index (χ0n) is 11.0. The van der Waals surface area contributed by atoms with E-state index in [4.69, 9.17) is 28.2 Å². The number of imidazole rings is 1. The monoisotopic (exact) mass is 324 g/mol. The highest BCUT2D eigenvalue weighted by Gasteiger charge is 2.19. The first-order valence-corrected chi connectivity index (χ1v) is 8.31. The van der Waals surface area contributed by atoms with Crippen molar-refractivity contribution < 1.29 is 0 Å². The van der Waals surface area contributed by atoms with Gasteiger partial charge in [0.05, 0.1) is 22.1 Å². The second-order valence-electron chi connectivity index (χ2n) is 4.68. The molecule has 0 aliphatic heterocycles. The molecular weight excluding hydrogens is 311 g/mol. The Morgan fingerprint density at radius 1 is 1.35 bits per heavy atom. The molecule has 2 aromatic heterocycles. The molecule has 0 bridgehead atoms. The lowest BCUT2D eigenvalue weighted by Crippen LogP contribution is -2.10. The second-order valence-corrected chi connectivity index (χ2v) is 6.24. The van der Waals surface area contributed by atoms with E-state index in [-0.39, 0.29) is 6.04 Å². The Balaban J connectivity index is 2.23. The summed E-state index contributed by atoms with van der Waals surface area (Å²) in [6, 6.07) is 8.18. The molecule has 0 N–H and O–H groups in total. The second kappa shape index (κ2) is 5.76. The van der Waals surface area contributed by atoms with Crippen LogP contribution in [0.3, 0.4) is 0 Å². The topological polar surface area (TPSA) is 17.8 Å². The van der Waals surface area contributed by atoms with Gasteiger partial charge < -0.3 is 4.57 Å². The van der Waals surface area contributed by atoms with Gasteiger partial charge in [-0.2, -0.15) is 11.3 Å². The number of para-hydroxylation sites is 1. The molecule has 1 unspecified atom stereocenters. The number of aryl methyl sites for hydroxylation is 1. The molecule has 2 nitrogen and oxygen atoms in total. The lowest BCUT2D eigenvalue weighted by Gasteiger charge is -2.17. The number of fused-ring (bicyclic) bond motifs is 1. The Bertz CT molecular complexity index is 719. The number of alkyl halides is 1. The van der Waals surface area contributed by atoms with Gasteiger partial charge in [0.2, 0.25) is 0 Å². The summed E-state index contributed by atoms with van der Waals surface area (Å²) in [5, 5.41) is 4.99. The molecule has 20 heavy (non-hydrogen) atoms. The Labute approximate surface area is 132 Å². The molecule has 0 fully saturated rings. The predicted octanol–water partition coefficient (Wildman–Crippen LogP) is 5.14. The number of aromatic nitrogens is 2. The van der Waals surface area contributed by atoms with Crippen LogP contribution in [-0.4, -0.2) is 15.4 Å². The minimum atomic E-state index is 0.198. The van der Waals surface area contributed by atoms with Crippen LogP contribution in [0.2, 0.25) is 5.02 Å². The van der Waals surface area contributed by atoms with E-state index in [1.807, 2.05) is 18.2 Å². The molecule has 5 heteroatoms. The van der Waals surface area contributed by atoms with Crippen molar-refractivity contribution in [1.82, 2.24) is 9.55 Å². The summed E-state index contributed by atoms with van der Waals surface area (Å²) >= 11 is 14.0. The maximum Gasteiger partial charge on any atom is 0.111 e. The van der Waals surface area contributed by atoms with Gasteiger partial charge in [-0.25, -0.2) is 4.98 Å². The fraction of sp³-hybridized carbons (Fsp3) is 0.267. The number of halogens is 2. The highest BCUT2D eigenvalue weighted by molar-refractivity contribution is 7.07. The third-order valence-corrected chi connectivity index (χ3v) is 4.66. The first kappa shape index (κ1) is 13.9. The SMILES string of the molecule is CC(c1ccsc1)n1c(CCCl)nc2cccc(Cl)c21. The Morgan fingerprint density at radius 3 is 2.90 bits per heavy atom. The first-order valence-electron chi connectivity index (χ1n) is 6.45. The Hall–Kier alpha value is -1.03. The highest BCUT2D eigenvalue weighted by Crippen LogP contribution is 2.31. The van der Waals surface area contributed by atoms with Crippen LogP contribution < -0.4 is 0 Å². The van der Waals surface area contributed by atoms with E-state index in [2.05, 4.69) is 28.3 Å². The molecule has 0 amide bonds. The van der Waals surface area contributed by atoms with Crippen LogP contribution >= 0.6 is 34.5 Å². The molecule has 0 radical (unpaired) electrons. The van der Waals surface area contributed by atoms with Gasteiger partial charge in [0.15, 0.2) is 0 Å². The van der Waals surface area contributed by atoms with Gasteiger partial charge >= 0.3 is 0 Å². The van der Waals surface area contributed by atoms with E-state index >= 15 is 0 Å². The molecule has 0 saturated carbocycles. The fourth-order valence-electron chi connectivity index (χ4n) is 2.49. The molecule has 1 atom stereocenters. The third kappa shape index (κ3) is 2.34. The molecule has 104 valence electrons. The lowest BCUT2D eigenvalue weighted by atomic mass is 10.1. The van der Waals surface area contributed by atoms with Gasteiger partial charge in [-0.1, -0.05) is 17.7 Å². The van der Waals surface area contributed by atoms with Crippen LogP contribution in [-0.2, 0) is 6.42 Å². The maximum absolute atomic E-state index is 6.39. The van der Waals surface area contributed by atoms with E-state index < -0.39 is 0 Å². The van der Waals surface area contributed by atoms with Crippen molar-refractivity contribution in [1.29, 1.82) is 0 Å².